The Morgan fingerprint density at radius 1 is 1.14 bits per heavy atom. The van der Waals surface area contributed by atoms with E-state index in [1.165, 1.54) is 30.4 Å². The van der Waals surface area contributed by atoms with Crippen LogP contribution in [0.2, 0.25) is 10.0 Å². The number of rotatable bonds is 4. The van der Waals surface area contributed by atoms with E-state index in [2.05, 4.69) is 5.32 Å². The first kappa shape index (κ1) is 16.0. The van der Waals surface area contributed by atoms with Crippen LogP contribution in [0.4, 0.5) is 11.4 Å². The molecule has 22 heavy (non-hydrogen) atoms. The van der Waals surface area contributed by atoms with Crippen LogP contribution in [0.5, 0.6) is 0 Å². The Balaban J connectivity index is 2.06. The van der Waals surface area contributed by atoms with Crippen LogP contribution < -0.4 is 5.32 Å². The average molecular weight is 337 g/mol. The second-order valence-corrected chi connectivity index (χ2v) is 5.12. The largest absolute Gasteiger partial charge is 0.322 e. The lowest BCUT2D eigenvalue weighted by Gasteiger charge is -2.03. The molecule has 0 saturated carbocycles. The second kappa shape index (κ2) is 7.06. The molecular formula is C15H10Cl2N2O3. The Bertz CT molecular complexity index is 760. The summed E-state index contributed by atoms with van der Waals surface area (Å²) in [5.41, 5.74) is 1.02. The van der Waals surface area contributed by atoms with Crippen molar-refractivity contribution < 1.29 is 9.72 Å². The molecule has 0 aromatic heterocycles. The van der Waals surface area contributed by atoms with Crippen molar-refractivity contribution >= 4 is 46.6 Å². The van der Waals surface area contributed by atoms with Gasteiger partial charge in [0.1, 0.15) is 0 Å². The van der Waals surface area contributed by atoms with Gasteiger partial charge < -0.3 is 5.32 Å². The second-order valence-electron chi connectivity index (χ2n) is 4.30. The van der Waals surface area contributed by atoms with E-state index < -0.39 is 4.92 Å². The highest BCUT2D eigenvalue weighted by atomic mass is 35.5. The number of anilines is 1. The first-order chi connectivity index (χ1) is 10.5. The fourth-order valence-electron chi connectivity index (χ4n) is 1.67. The fourth-order valence-corrected chi connectivity index (χ4v) is 1.97. The molecule has 0 bridgehead atoms. The zero-order valence-corrected chi connectivity index (χ0v) is 12.6. The summed E-state index contributed by atoms with van der Waals surface area (Å²) in [4.78, 5) is 22.0. The highest BCUT2D eigenvalue weighted by molar-refractivity contribution is 6.42. The van der Waals surface area contributed by atoms with Crippen LogP contribution in [0, 0.1) is 10.1 Å². The van der Waals surface area contributed by atoms with Crippen molar-refractivity contribution in [2.45, 2.75) is 0 Å². The third kappa shape index (κ3) is 4.31. The lowest BCUT2D eigenvalue weighted by molar-refractivity contribution is -0.384. The van der Waals surface area contributed by atoms with Gasteiger partial charge in [0, 0.05) is 23.9 Å². The van der Waals surface area contributed by atoms with Gasteiger partial charge in [0.15, 0.2) is 0 Å². The van der Waals surface area contributed by atoms with Gasteiger partial charge in [0.25, 0.3) is 5.69 Å². The van der Waals surface area contributed by atoms with E-state index in [0.717, 1.165) is 0 Å². The molecule has 2 rings (SSSR count). The lowest BCUT2D eigenvalue weighted by atomic mass is 10.2. The van der Waals surface area contributed by atoms with Gasteiger partial charge in [-0.05, 0) is 29.8 Å². The van der Waals surface area contributed by atoms with E-state index >= 15 is 0 Å². The standard InChI is InChI=1S/C15H10Cl2N2O3/c16-13-6-5-11(9-14(13)17)18-15(20)7-4-10-2-1-3-12(8-10)19(21)22/h1-9H,(H,18,20)/b7-4+. The van der Waals surface area contributed by atoms with E-state index in [4.69, 9.17) is 23.2 Å². The molecule has 5 nitrogen and oxygen atoms in total. The first-order valence-electron chi connectivity index (χ1n) is 6.14. The number of amides is 1. The zero-order valence-electron chi connectivity index (χ0n) is 11.1. The van der Waals surface area contributed by atoms with Crippen molar-refractivity contribution in [3.05, 3.63) is 74.3 Å². The maximum absolute atomic E-state index is 11.8. The van der Waals surface area contributed by atoms with Gasteiger partial charge in [-0.2, -0.15) is 0 Å². The SMILES string of the molecule is O=C(/C=C/c1cccc([N+](=O)[O-])c1)Nc1ccc(Cl)c(Cl)c1. The number of halogens is 2. The maximum Gasteiger partial charge on any atom is 0.270 e. The minimum absolute atomic E-state index is 0.0351. The van der Waals surface area contributed by atoms with Crippen LogP contribution >= 0.6 is 23.2 Å². The van der Waals surface area contributed by atoms with Gasteiger partial charge in [0.05, 0.1) is 15.0 Å². The van der Waals surface area contributed by atoms with Crippen molar-refractivity contribution in [3.63, 3.8) is 0 Å². The molecule has 0 fully saturated rings. The van der Waals surface area contributed by atoms with Gasteiger partial charge in [-0.1, -0.05) is 35.3 Å². The minimum atomic E-state index is -0.493. The van der Waals surface area contributed by atoms with Crippen molar-refractivity contribution in [2.75, 3.05) is 5.32 Å². The Labute approximate surface area is 136 Å². The van der Waals surface area contributed by atoms with Crippen LogP contribution in [-0.2, 0) is 4.79 Å². The molecule has 7 heteroatoms. The topological polar surface area (TPSA) is 72.2 Å². The molecule has 2 aromatic carbocycles. The summed E-state index contributed by atoms with van der Waals surface area (Å²) in [6.07, 6.45) is 2.77. The molecule has 0 aliphatic heterocycles. The molecule has 112 valence electrons. The smallest absolute Gasteiger partial charge is 0.270 e. The van der Waals surface area contributed by atoms with Gasteiger partial charge in [0.2, 0.25) is 5.91 Å². The molecule has 1 amide bonds. The molecule has 0 atom stereocenters. The van der Waals surface area contributed by atoms with Gasteiger partial charge in [-0.15, -0.1) is 0 Å². The predicted octanol–water partition coefficient (Wildman–Crippen LogP) is 4.55. The van der Waals surface area contributed by atoms with E-state index in [0.29, 0.717) is 21.3 Å². The number of hydrogen-bond donors (Lipinski definition) is 1. The molecule has 0 heterocycles. The molecule has 2 aromatic rings. The summed E-state index contributed by atoms with van der Waals surface area (Å²) in [6.45, 7) is 0. The molecule has 0 spiro atoms. The minimum Gasteiger partial charge on any atom is -0.322 e. The van der Waals surface area contributed by atoms with Crippen LogP contribution in [0.3, 0.4) is 0 Å². The van der Waals surface area contributed by atoms with E-state index in [1.807, 2.05) is 0 Å². The number of nitro benzene ring substituents is 1. The number of benzene rings is 2. The number of nitrogens with zero attached hydrogens (tertiary/aromatic N) is 1. The molecular weight excluding hydrogens is 327 g/mol. The fraction of sp³-hybridized carbons (Fsp3) is 0. The van der Waals surface area contributed by atoms with E-state index in [1.54, 1.807) is 24.3 Å². The molecule has 0 unspecified atom stereocenters. The molecule has 0 radical (unpaired) electrons. The highest BCUT2D eigenvalue weighted by Gasteiger charge is 2.05. The third-order valence-electron chi connectivity index (χ3n) is 2.70. The van der Waals surface area contributed by atoms with Crippen molar-refractivity contribution in [3.8, 4) is 0 Å². The first-order valence-corrected chi connectivity index (χ1v) is 6.90. The molecule has 0 aliphatic rings. The van der Waals surface area contributed by atoms with E-state index in [9.17, 15) is 14.9 Å². The molecule has 0 aliphatic carbocycles. The average Bonchev–Trinajstić information content (AvgIpc) is 2.49. The van der Waals surface area contributed by atoms with Crippen molar-refractivity contribution in [1.29, 1.82) is 0 Å². The third-order valence-corrected chi connectivity index (χ3v) is 3.43. The molecule has 1 N–H and O–H groups in total. The Morgan fingerprint density at radius 3 is 2.59 bits per heavy atom. The number of nitro groups is 1. The Morgan fingerprint density at radius 2 is 1.91 bits per heavy atom. The number of nitrogens with one attached hydrogen (secondary N) is 1. The number of carbonyl (C=O) groups is 1. The summed E-state index contributed by atoms with van der Waals surface area (Å²) in [5, 5.41) is 14.0. The maximum atomic E-state index is 11.8. The van der Waals surface area contributed by atoms with Gasteiger partial charge in [-0.25, -0.2) is 0 Å². The van der Waals surface area contributed by atoms with Crippen LogP contribution in [-0.4, -0.2) is 10.8 Å². The summed E-state index contributed by atoms with van der Waals surface area (Å²) in [6, 6.07) is 10.7. The zero-order chi connectivity index (χ0) is 16.1. The Hall–Kier alpha value is -2.37. The number of non-ortho nitro benzene ring substituents is 1. The predicted molar refractivity (Wildman–Crippen MR) is 87.2 cm³/mol. The monoisotopic (exact) mass is 336 g/mol. The van der Waals surface area contributed by atoms with Crippen LogP contribution in [0.15, 0.2) is 48.5 Å². The number of hydrogen-bond acceptors (Lipinski definition) is 3. The summed E-state index contributed by atoms with van der Waals surface area (Å²) in [7, 11) is 0. The summed E-state index contributed by atoms with van der Waals surface area (Å²) < 4.78 is 0. The molecule has 0 saturated heterocycles. The number of carbonyl (C=O) groups excluding carboxylic acids is 1. The van der Waals surface area contributed by atoms with Crippen LogP contribution in [0.1, 0.15) is 5.56 Å². The Kier molecular flexibility index (Phi) is 5.14. The van der Waals surface area contributed by atoms with Crippen LogP contribution in [0.25, 0.3) is 6.08 Å². The van der Waals surface area contributed by atoms with E-state index in [-0.39, 0.29) is 11.6 Å². The normalized spacial score (nSPS) is 10.6. The summed E-state index contributed by atoms with van der Waals surface area (Å²) >= 11 is 11.6. The van der Waals surface area contributed by atoms with Crippen molar-refractivity contribution in [1.82, 2.24) is 0 Å². The lowest BCUT2D eigenvalue weighted by Crippen LogP contribution is -2.07. The van der Waals surface area contributed by atoms with Gasteiger partial charge >= 0.3 is 0 Å². The quantitative estimate of drug-likeness (QED) is 0.505. The van der Waals surface area contributed by atoms with Crippen molar-refractivity contribution in [2.24, 2.45) is 0 Å². The highest BCUT2D eigenvalue weighted by Crippen LogP contribution is 2.25. The summed E-state index contributed by atoms with van der Waals surface area (Å²) in [5.74, 6) is -0.384. The van der Waals surface area contributed by atoms with Gasteiger partial charge in [-0.3, -0.25) is 14.9 Å².